The van der Waals surface area contributed by atoms with Gasteiger partial charge >= 0.3 is 0 Å². The molecule has 16 heavy (non-hydrogen) atoms. The first-order valence-electron chi connectivity index (χ1n) is 5.64. The summed E-state index contributed by atoms with van der Waals surface area (Å²) in [6, 6.07) is 6.44. The van der Waals surface area contributed by atoms with Gasteiger partial charge in [-0.2, -0.15) is 0 Å². The first kappa shape index (κ1) is 13.5. The normalized spacial score (nSPS) is 10.8. The highest BCUT2D eigenvalue weighted by atomic mass is 79.9. The lowest BCUT2D eigenvalue weighted by Crippen LogP contribution is -2.18. The van der Waals surface area contributed by atoms with Crippen molar-refractivity contribution in [1.82, 2.24) is 4.90 Å². The fourth-order valence-electron chi connectivity index (χ4n) is 1.56. The third kappa shape index (κ3) is 4.14. The largest absolute Gasteiger partial charge is 0.494 e. The average molecular weight is 286 g/mol. The van der Waals surface area contributed by atoms with Gasteiger partial charge in [0.25, 0.3) is 0 Å². The molecule has 90 valence electrons. The van der Waals surface area contributed by atoms with Gasteiger partial charge in [-0.1, -0.05) is 28.1 Å². The van der Waals surface area contributed by atoms with Crippen molar-refractivity contribution in [2.24, 2.45) is 0 Å². The van der Waals surface area contributed by atoms with Gasteiger partial charge in [0.05, 0.1) is 12.1 Å². The topological polar surface area (TPSA) is 12.5 Å². The number of ether oxygens (including phenoxy) is 1. The maximum Gasteiger partial charge on any atom is 0.122 e. The first-order valence-corrected chi connectivity index (χ1v) is 6.76. The zero-order valence-electron chi connectivity index (χ0n) is 10.3. The summed E-state index contributed by atoms with van der Waals surface area (Å²) in [6.45, 7) is 5.91. The molecule has 0 amide bonds. The van der Waals surface area contributed by atoms with Gasteiger partial charge in [0.1, 0.15) is 5.75 Å². The summed E-state index contributed by atoms with van der Waals surface area (Å²) in [7, 11) is 2.11. The van der Waals surface area contributed by atoms with Gasteiger partial charge in [0.15, 0.2) is 0 Å². The van der Waals surface area contributed by atoms with Crippen LogP contribution in [0.4, 0.5) is 0 Å². The van der Waals surface area contributed by atoms with Crippen molar-refractivity contribution < 1.29 is 4.74 Å². The van der Waals surface area contributed by atoms with Crippen LogP contribution < -0.4 is 4.74 Å². The Morgan fingerprint density at radius 1 is 1.38 bits per heavy atom. The molecule has 0 unspecified atom stereocenters. The third-order valence-corrected chi connectivity index (χ3v) is 3.38. The Hall–Kier alpha value is -0.540. The van der Waals surface area contributed by atoms with Crippen LogP contribution in [0.15, 0.2) is 18.2 Å². The predicted molar refractivity (Wildman–Crippen MR) is 72.5 cm³/mol. The summed E-state index contributed by atoms with van der Waals surface area (Å²) in [5, 5.41) is 0. The van der Waals surface area contributed by atoms with E-state index in [0.717, 1.165) is 30.8 Å². The molecule has 0 N–H and O–H groups in total. The number of benzene rings is 1. The van der Waals surface area contributed by atoms with E-state index in [2.05, 4.69) is 53.0 Å². The van der Waals surface area contributed by atoms with Crippen molar-refractivity contribution >= 4 is 15.9 Å². The third-order valence-electron chi connectivity index (χ3n) is 2.53. The van der Waals surface area contributed by atoms with Crippen LogP contribution in [-0.4, -0.2) is 30.6 Å². The SMILES string of the molecule is CCOc1ccc(CCN(C)CBr)cc1C. The first-order chi connectivity index (χ1) is 7.67. The smallest absolute Gasteiger partial charge is 0.122 e. The van der Waals surface area contributed by atoms with Crippen LogP contribution in [0.2, 0.25) is 0 Å². The number of alkyl halides is 1. The lowest BCUT2D eigenvalue weighted by Gasteiger charge is -2.13. The maximum atomic E-state index is 5.52. The summed E-state index contributed by atoms with van der Waals surface area (Å²) in [5.74, 6) is 1.00. The molecule has 0 saturated carbocycles. The molecule has 2 nitrogen and oxygen atoms in total. The van der Waals surface area contributed by atoms with Gasteiger partial charge in [-0.15, -0.1) is 0 Å². The van der Waals surface area contributed by atoms with Crippen LogP contribution in [0.5, 0.6) is 5.75 Å². The van der Waals surface area contributed by atoms with Gasteiger partial charge in [0.2, 0.25) is 0 Å². The Morgan fingerprint density at radius 2 is 2.12 bits per heavy atom. The van der Waals surface area contributed by atoms with E-state index in [0.29, 0.717) is 0 Å². The number of hydrogen-bond acceptors (Lipinski definition) is 2. The average Bonchev–Trinajstić information content (AvgIpc) is 2.29. The summed E-state index contributed by atoms with van der Waals surface area (Å²) in [6.07, 6.45) is 1.08. The van der Waals surface area contributed by atoms with Crippen molar-refractivity contribution in [1.29, 1.82) is 0 Å². The standard InChI is InChI=1S/C13H20BrNO/c1-4-16-13-6-5-12(9-11(13)2)7-8-15(3)10-14/h5-6,9H,4,7-8,10H2,1-3H3. The molecular formula is C13H20BrNO. The second-order valence-electron chi connectivity index (χ2n) is 3.98. The van der Waals surface area contributed by atoms with E-state index in [-0.39, 0.29) is 0 Å². The molecule has 0 atom stereocenters. The molecule has 0 radical (unpaired) electrons. The fraction of sp³-hybridized carbons (Fsp3) is 0.538. The Balaban J connectivity index is 2.59. The van der Waals surface area contributed by atoms with Crippen molar-refractivity contribution in [2.75, 3.05) is 25.7 Å². The zero-order chi connectivity index (χ0) is 12.0. The lowest BCUT2D eigenvalue weighted by atomic mass is 10.1. The monoisotopic (exact) mass is 285 g/mol. The van der Waals surface area contributed by atoms with E-state index in [9.17, 15) is 0 Å². The van der Waals surface area contributed by atoms with Crippen LogP contribution >= 0.6 is 15.9 Å². The molecule has 0 aliphatic carbocycles. The highest BCUT2D eigenvalue weighted by Gasteiger charge is 2.02. The Bertz CT molecular complexity index is 328. The van der Waals surface area contributed by atoms with Crippen LogP contribution in [-0.2, 0) is 6.42 Å². The number of halogens is 1. The summed E-state index contributed by atoms with van der Waals surface area (Å²) in [4.78, 5) is 2.24. The molecule has 0 saturated heterocycles. The quantitative estimate of drug-likeness (QED) is 0.588. The molecule has 1 aromatic carbocycles. The van der Waals surface area contributed by atoms with E-state index in [4.69, 9.17) is 4.74 Å². The molecule has 0 heterocycles. The summed E-state index contributed by atoms with van der Waals surface area (Å²) >= 11 is 3.44. The summed E-state index contributed by atoms with van der Waals surface area (Å²) < 4.78 is 5.52. The molecule has 0 bridgehead atoms. The van der Waals surface area contributed by atoms with Crippen molar-refractivity contribution in [3.63, 3.8) is 0 Å². The molecule has 3 heteroatoms. The number of hydrogen-bond donors (Lipinski definition) is 0. The van der Waals surface area contributed by atoms with Gasteiger partial charge < -0.3 is 4.74 Å². The van der Waals surface area contributed by atoms with E-state index < -0.39 is 0 Å². The molecule has 0 aromatic heterocycles. The minimum Gasteiger partial charge on any atom is -0.494 e. The van der Waals surface area contributed by atoms with Gasteiger partial charge in [0, 0.05) is 6.54 Å². The number of nitrogens with zero attached hydrogens (tertiary/aromatic N) is 1. The molecule has 1 rings (SSSR count). The van der Waals surface area contributed by atoms with E-state index >= 15 is 0 Å². The number of likely N-dealkylation sites (N-methyl/N-ethyl adjacent to an activating group) is 1. The molecule has 0 fully saturated rings. The Kier molecular flexibility index (Phi) is 5.85. The van der Waals surface area contributed by atoms with Crippen molar-refractivity contribution in [3.05, 3.63) is 29.3 Å². The number of rotatable bonds is 6. The predicted octanol–water partition coefficient (Wildman–Crippen LogP) is 3.22. The van der Waals surface area contributed by atoms with E-state index in [1.165, 1.54) is 11.1 Å². The van der Waals surface area contributed by atoms with Gasteiger partial charge in [-0.05, 0) is 44.5 Å². The Morgan fingerprint density at radius 3 is 2.69 bits per heavy atom. The van der Waals surface area contributed by atoms with Crippen LogP contribution in [0.25, 0.3) is 0 Å². The molecular weight excluding hydrogens is 266 g/mol. The maximum absolute atomic E-state index is 5.52. The fourth-order valence-corrected chi connectivity index (χ4v) is 1.81. The van der Waals surface area contributed by atoms with Crippen LogP contribution in [0.1, 0.15) is 18.1 Å². The van der Waals surface area contributed by atoms with Gasteiger partial charge in [-0.25, -0.2) is 0 Å². The van der Waals surface area contributed by atoms with Crippen molar-refractivity contribution in [2.45, 2.75) is 20.3 Å². The second-order valence-corrected chi connectivity index (χ2v) is 4.48. The van der Waals surface area contributed by atoms with Crippen molar-refractivity contribution in [3.8, 4) is 5.75 Å². The highest BCUT2D eigenvalue weighted by molar-refractivity contribution is 9.09. The van der Waals surface area contributed by atoms with E-state index in [1.807, 2.05) is 6.92 Å². The second kappa shape index (κ2) is 6.92. The van der Waals surface area contributed by atoms with Crippen LogP contribution in [0.3, 0.4) is 0 Å². The van der Waals surface area contributed by atoms with Crippen LogP contribution in [0, 0.1) is 6.92 Å². The summed E-state index contributed by atoms with van der Waals surface area (Å²) in [5.41, 5.74) is 3.51. The van der Waals surface area contributed by atoms with E-state index in [1.54, 1.807) is 0 Å². The molecule has 0 aliphatic rings. The Labute approximate surface area is 107 Å². The molecule has 1 aromatic rings. The van der Waals surface area contributed by atoms with Gasteiger partial charge in [-0.3, -0.25) is 4.90 Å². The lowest BCUT2D eigenvalue weighted by molar-refractivity contribution is 0.337. The highest BCUT2D eigenvalue weighted by Crippen LogP contribution is 2.19. The minimum absolute atomic E-state index is 0.729. The molecule has 0 spiro atoms. The molecule has 0 aliphatic heterocycles. The minimum atomic E-state index is 0.729. The zero-order valence-corrected chi connectivity index (χ0v) is 11.9. The number of aryl methyl sites for hydroxylation is 1.